The first kappa shape index (κ1) is 15.8. The normalized spacial score (nSPS) is 10.4. The summed E-state index contributed by atoms with van der Waals surface area (Å²) in [4.78, 5) is 26.6. The number of hydrogen-bond donors (Lipinski definition) is 1. The Morgan fingerprint density at radius 1 is 1.14 bits per heavy atom. The average molecular weight is 300 g/mol. The van der Waals surface area contributed by atoms with Gasteiger partial charge < -0.3 is 0 Å². The molecule has 6 nitrogen and oxygen atoms in total. The van der Waals surface area contributed by atoms with Gasteiger partial charge in [0.15, 0.2) is 0 Å². The molecule has 116 valence electrons. The maximum Gasteiger partial charge on any atom is 0.329 e. The van der Waals surface area contributed by atoms with Gasteiger partial charge in [-0.1, -0.05) is 44.2 Å². The number of benzene rings is 1. The average Bonchev–Trinajstić information content (AvgIpc) is 2.84. The van der Waals surface area contributed by atoms with E-state index in [9.17, 15) is 9.59 Å². The second-order valence-electron chi connectivity index (χ2n) is 4.75. The monoisotopic (exact) mass is 300 g/mol. The van der Waals surface area contributed by atoms with E-state index in [4.69, 9.17) is 0 Å². The molecule has 2 aromatic heterocycles. The lowest BCUT2D eigenvalue weighted by atomic mass is 10.2. The number of aryl methyl sites for hydroxylation is 1. The Kier molecular flexibility index (Phi) is 4.60. The van der Waals surface area contributed by atoms with Crippen LogP contribution in [-0.2, 0) is 13.6 Å². The third-order valence-corrected chi connectivity index (χ3v) is 3.35. The predicted molar refractivity (Wildman–Crippen MR) is 87.2 cm³/mol. The Balaban J connectivity index is 0.000000847. The Bertz CT molecular complexity index is 888. The molecule has 3 rings (SSSR count). The van der Waals surface area contributed by atoms with E-state index in [0.717, 1.165) is 10.1 Å². The van der Waals surface area contributed by atoms with Gasteiger partial charge in [0.1, 0.15) is 11.0 Å². The molecular weight excluding hydrogens is 280 g/mol. The van der Waals surface area contributed by atoms with Crippen LogP contribution in [0.1, 0.15) is 25.1 Å². The van der Waals surface area contributed by atoms with Gasteiger partial charge in [-0.05, 0) is 12.5 Å². The molecule has 2 heterocycles. The first-order valence-electron chi connectivity index (χ1n) is 7.28. The maximum absolute atomic E-state index is 12.1. The SMILES string of the molecule is CC.Cc1nn(Cc2ccccc2)c2[nH]c(=O)n(C)c(=O)c12. The highest BCUT2D eigenvalue weighted by Gasteiger charge is 2.14. The lowest BCUT2D eigenvalue weighted by molar-refractivity contribution is 0.689. The second kappa shape index (κ2) is 6.43. The molecular formula is C16H20N4O2. The number of aromatic nitrogens is 4. The van der Waals surface area contributed by atoms with E-state index in [1.54, 1.807) is 11.6 Å². The van der Waals surface area contributed by atoms with Gasteiger partial charge >= 0.3 is 5.69 Å². The predicted octanol–water partition coefficient (Wildman–Crippen LogP) is 1.81. The lowest BCUT2D eigenvalue weighted by Crippen LogP contribution is -2.32. The Morgan fingerprint density at radius 2 is 1.77 bits per heavy atom. The number of H-pyrrole nitrogens is 1. The Morgan fingerprint density at radius 3 is 2.41 bits per heavy atom. The van der Waals surface area contributed by atoms with E-state index in [1.807, 2.05) is 44.2 Å². The largest absolute Gasteiger partial charge is 0.329 e. The van der Waals surface area contributed by atoms with Crippen molar-refractivity contribution in [2.45, 2.75) is 27.3 Å². The minimum atomic E-state index is -0.434. The van der Waals surface area contributed by atoms with Gasteiger partial charge in [-0.3, -0.25) is 14.3 Å². The van der Waals surface area contributed by atoms with Crippen molar-refractivity contribution in [1.82, 2.24) is 19.3 Å². The summed E-state index contributed by atoms with van der Waals surface area (Å²) in [5, 5.41) is 4.82. The summed E-state index contributed by atoms with van der Waals surface area (Å²) in [5.74, 6) is 0. The molecule has 0 radical (unpaired) electrons. The fourth-order valence-electron chi connectivity index (χ4n) is 2.28. The summed E-state index contributed by atoms with van der Waals surface area (Å²) in [6, 6.07) is 9.77. The van der Waals surface area contributed by atoms with E-state index < -0.39 is 5.69 Å². The molecule has 0 aliphatic heterocycles. The molecule has 0 amide bonds. The van der Waals surface area contributed by atoms with E-state index in [0.29, 0.717) is 23.3 Å². The fraction of sp³-hybridized carbons (Fsp3) is 0.312. The van der Waals surface area contributed by atoms with Crippen LogP contribution in [0.2, 0.25) is 0 Å². The summed E-state index contributed by atoms with van der Waals surface area (Å²) in [6.45, 7) is 6.28. The van der Waals surface area contributed by atoms with E-state index >= 15 is 0 Å². The van der Waals surface area contributed by atoms with Gasteiger partial charge in [-0.15, -0.1) is 0 Å². The molecule has 1 N–H and O–H groups in total. The third kappa shape index (κ3) is 2.72. The van der Waals surface area contributed by atoms with Crippen LogP contribution < -0.4 is 11.2 Å². The molecule has 6 heteroatoms. The Labute approximate surface area is 128 Å². The molecule has 0 fully saturated rings. The van der Waals surface area contributed by atoms with E-state index in [2.05, 4.69) is 10.1 Å². The first-order chi connectivity index (χ1) is 10.6. The van der Waals surface area contributed by atoms with Crippen LogP contribution in [-0.4, -0.2) is 19.3 Å². The highest BCUT2D eigenvalue weighted by molar-refractivity contribution is 5.76. The van der Waals surface area contributed by atoms with Gasteiger partial charge in [0.25, 0.3) is 5.56 Å². The van der Waals surface area contributed by atoms with Crippen molar-refractivity contribution < 1.29 is 0 Å². The minimum absolute atomic E-state index is 0.319. The van der Waals surface area contributed by atoms with Crippen LogP contribution in [0.5, 0.6) is 0 Å². The van der Waals surface area contributed by atoms with Gasteiger partial charge in [0.05, 0.1) is 12.2 Å². The van der Waals surface area contributed by atoms with E-state index in [1.165, 1.54) is 7.05 Å². The van der Waals surface area contributed by atoms with Gasteiger partial charge in [-0.25, -0.2) is 9.48 Å². The summed E-state index contributed by atoms with van der Waals surface area (Å²) in [6.07, 6.45) is 0. The van der Waals surface area contributed by atoms with Crippen molar-refractivity contribution in [3.8, 4) is 0 Å². The molecule has 22 heavy (non-hydrogen) atoms. The third-order valence-electron chi connectivity index (χ3n) is 3.35. The molecule has 0 unspecified atom stereocenters. The summed E-state index contributed by atoms with van der Waals surface area (Å²) in [7, 11) is 1.45. The number of nitrogens with zero attached hydrogens (tertiary/aromatic N) is 3. The zero-order valence-electron chi connectivity index (χ0n) is 13.3. The zero-order chi connectivity index (χ0) is 16.3. The number of fused-ring (bicyclic) bond motifs is 1. The molecule has 3 aromatic rings. The summed E-state index contributed by atoms with van der Waals surface area (Å²) >= 11 is 0. The molecule has 0 spiro atoms. The van der Waals surface area contributed by atoms with Crippen molar-refractivity contribution >= 4 is 11.0 Å². The van der Waals surface area contributed by atoms with Gasteiger partial charge in [0, 0.05) is 7.05 Å². The smallest absolute Gasteiger partial charge is 0.291 e. The van der Waals surface area contributed by atoms with Crippen molar-refractivity contribution in [1.29, 1.82) is 0 Å². The molecule has 0 atom stereocenters. The molecule has 0 saturated heterocycles. The molecule has 1 aromatic carbocycles. The van der Waals surface area contributed by atoms with Crippen LogP contribution >= 0.6 is 0 Å². The van der Waals surface area contributed by atoms with Crippen molar-refractivity contribution in [2.75, 3.05) is 0 Å². The number of rotatable bonds is 2. The van der Waals surface area contributed by atoms with E-state index in [-0.39, 0.29) is 5.56 Å². The van der Waals surface area contributed by atoms with Crippen LogP contribution in [0, 0.1) is 6.92 Å². The molecule has 0 bridgehead atoms. The molecule has 0 aliphatic rings. The van der Waals surface area contributed by atoms with Crippen LogP contribution in [0.25, 0.3) is 11.0 Å². The minimum Gasteiger partial charge on any atom is -0.291 e. The highest BCUT2D eigenvalue weighted by Crippen LogP contribution is 2.12. The topological polar surface area (TPSA) is 72.7 Å². The van der Waals surface area contributed by atoms with Crippen molar-refractivity contribution in [2.24, 2.45) is 7.05 Å². The standard InChI is InChI=1S/C14H14N4O2.C2H6/c1-9-11-12(15-14(20)17(2)13(11)19)18(16-9)8-10-6-4-3-5-7-10;1-2/h3-7H,8H2,1-2H3,(H,15,20);1-2H3. The van der Waals surface area contributed by atoms with Crippen LogP contribution in [0.15, 0.2) is 39.9 Å². The molecule has 0 aliphatic carbocycles. The van der Waals surface area contributed by atoms with Gasteiger partial charge in [0.2, 0.25) is 0 Å². The number of nitrogens with one attached hydrogen (secondary N) is 1. The van der Waals surface area contributed by atoms with Crippen LogP contribution in [0.3, 0.4) is 0 Å². The number of aromatic amines is 1. The van der Waals surface area contributed by atoms with Gasteiger partial charge in [-0.2, -0.15) is 5.10 Å². The zero-order valence-corrected chi connectivity index (χ0v) is 13.3. The summed E-state index contributed by atoms with van der Waals surface area (Å²) < 4.78 is 2.71. The van der Waals surface area contributed by atoms with Crippen molar-refractivity contribution in [3.05, 3.63) is 62.4 Å². The summed E-state index contributed by atoms with van der Waals surface area (Å²) in [5.41, 5.74) is 1.39. The number of hydrogen-bond acceptors (Lipinski definition) is 3. The maximum atomic E-state index is 12.1. The lowest BCUT2D eigenvalue weighted by Gasteiger charge is -2.03. The highest BCUT2D eigenvalue weighted by atomic mass is 16.2. The first-order valence-corrected chi connectivity index (χ1v) is 7.28. The van der Waals surface area contributed by atoms with Crippen molar-refractivity contribution in [3.63, 3.8) is 0 Å². The fourth-order valence-corrected chi connectivity index (χ4v) is 2.28. The second-order valence-corrected chi connectivity index (χ2v) is 4.75. The molecule has 0 saturated carbocycles. The Hall–Kier alpha value is -2.63. The quantitative estimate of drug-likeness (QED) is 0.784. The van der Waals surface area contributed by atoms with Crippen LogP contribution in [0.4, 0.5) is 0 Å².